The number of anilines is 1. The van der Waals surface area contributed by atoms with Crippen molar-refractivity contribution in [2.24, 2.45) is 0 Å². The zero-order valence-electron chi connectivity index (χ0n) is 12.1. The van der Waals surface area contributed by atoms with Gasteiger partial charge in [0.25, 0.3) is 6.43 Å². The molecule has 0 saturated carbocycles. The van der Waals surface area contributed by atoms with Crippen molar-refractivity contribution in [2.45, 2.75) is 25.8 Å². The molecule has 1 aliphatic rings. The van der Waals surface area contributed by atoms with Gasteiger partial charge in [-0.15, -0.1) is 0 Å². The highest BCUT2D eigenvalue weighted by Gasteiger charge is 2.31. The zero-order valence-corrected chi connectivity index (χ0v) is 12.1. The van der Waals surface area contributed by atoms with Gasteiger partial charge in [0.15, 0.2) is 5.82 Å². The number of hydrogen-bond acceptors (Lipinski definition) is 4. The summed E-state index contributed by atoms with van der Waals surface area (Å²) in [4.78, 5) is 21.7. The van der Waals surface area contributed by atoms with Crippen molar-refractivity contribution in [2.75, 3.05) is 18.0 Å². The molecule has 2 aromatic rings. The van der Waals surface area contributed by atoms with Crippen LogP contribution in [0.5, 0.6) is 0 Å². The number of nitrogens with one attached hydrogen (secondary N) is 1. The number of fused-ring (bicyclic) bond motifs is 1. The summed E-state index contributed by atoms with van der Waals surface area (Å²) in [5, 5.41) is 3.44. The third-order valence-corrected chi connectivity index (χ3v) is 3.80. The quantitative estimate of drug-likeness (QED) is 0.941. The summed E-state index contributed by atoms with van der Waals surface area (Å²) in [5.74, 6) is -0.209. The van der Waals surface area contributed by atoms with Gasteiger partial charge in [-0.2, -0.15) is 0 Å². The van der Waals surface area contributed by atoms with Gasteiger partial charge in [0.2, 0.25) is 5.91 Å². The van der Waals surface area contributed by atoms with Crippen LogP contribution in [0.1, 0.15) is 25.6 Å². The highest BCUT2D eigenvalue weighted by Crippen LogP contribution is 2.29. The topological polar surface area (TPSA) is 58.1 Å². The van der Waals surface area contributed by atoms with Gasteiger partial charge in [0.05, 0.1) is 5.52 Å². The molecule has 1 fully saturated rings. The molecule has 7 heteroatoms. The van der Waals surface area contributed by atoms with E-state index in [-0.39, 0.29) is 11.9 Å². The lowest BCUT2D eigenvalue weighted by molar-refractivity contribution is -0.120. The van der Waals surface area contributed by atoms with Gasteiger partial charge < -0.3 is 10.2 Å². The molecule has 116 valence electrons. The molecule has 1 unspecified atom stereocenters. The molecule has 0 bridgehead atoms. The first-order valence-electron chi connectivity index (χ1n) is 7.21. The Hall–Kier alpha value is -2.31. The maximum Gasteiger partial charge on any atom is 0.297 e. The Kier molecular flexibility index (Phi) is 3.87. The molecule has 1 N–H and O–H groups in total. The van der Waals surface area contributed by atoms with Gasteiger partial charge in [-0.1, -0.05) is 12.1 Å². The number of para-hydroxylation sites is 1. The average molecular weight is 306 g/mol. The number of benzene rings is 1. The lowest BCUT2D eigenvalue weighted by Gasteiger charge is -2.28. The van der Waals surface area contributed by atoms with Crippen LogP contribution in [0.15, 0.2) is 24.3 Å². The maximum absolute atomic E-state index is 13.1. The fourth-order valence-corrected chi connectivity index (χ4v) is 2.79. The molecular weight excluding hydrogens is 290 g/mol. The van der Waals surface area contributed by atoms with E-state index in [1.807, 2.05) is 6.92 Å². The molecule has 1 aromatic carbocycles. The van der Waals surface area contributed by atoms with Crippen molar-refractivity contribution < 1.29 is 13.6 Å². The van der Waals surface area contributed by atoms with Gasteiger partial charge in [-0.05, 0) is 25.5 Å². The van der Waals surface area contributed by atoms with E-state index < -0.39 is 12.2 Å². The third-order valence-electron chi connectivity index (χ3n) is 3.80. The molecule has 0 aliphatic carbocycles. The maximum atomic E-state index is 13.1. The number of amides is 1. The van der Waals surface area contributed by atoms with Crippen LogP contribution >= 0.6 is 0 Å². The molecule has 1 aromatic heterocycles. The zero-order chi connectivity index (χ0) is 15.7. The van der Waals surface area contributed by atoms with Gasteiger partial charge in [0.1, 0.15) is 11.9 Å². The number of halogens is 2. The molecule has 5 nitrogen and oxygen atoms in total. The summed E-state index contributed by atoms with van der Waals surface area (Å²) in [5.41, 5.74) is 0.458. The predicted octanol–water partition coefficient (Wildman–Crippen LogP) is 2.28. The van der Waals surface area contributed by atoms with E-state index in [1.165, 1.54) is 0 Å². The normalized spacial score (nSPS) is 18.0. The van der Waals surface area contributed by atoms with Crippen molar-refractivity contribution in [3.8, 4) is 0 Å². The van der Waals surface area contributed by atoms with Gasteiger partial charge in [-0.25, -0.2) is 18.7 Å². The number of carbonyl (C=O) groups excluding carboxylic acids is 1. The minimum absolute atomic E-state index is 0.0943. The molecule has 22 heavy (non-hydrogen) atoms. The Balaban J connectivity index is 2.16. The smallest absolute Gasteiger partial charge is 0.297 e. The van der Waals surface area contributed by atoms with E-state index in [9.17, 15) is 13.6 Å². The Labute approximate surface area is 126 Å². The van der Waals surface area contributed by atoms with Crippen LogP contribution < -0.4 is 10.2 Å². The van der Waals surface area contributed by atoms with Gasteiger partial charge >= 0.3 is 0 Å². The fraction of sp³-hybridized carbons (Fsp3) is 0.400. The van der Waals surface area contributed by atoms with E-state index >= 15 is 0 Å². The van der Waals surface area contributed by atoms with Crippen LogP contribution in [-0.2, 0) is 4.79 Å². The summed E-state index contributed by atoms with van der Waals surface area (Å²) < 4.78 is 26.1. The second-order valence-electron chi connectivity index (χ2n) is 5.10. The molecule has 1 amide bonds. The number of alkyl halides is 2. The molecule has 1 aliphatic heterocycles. The summed E-state index contributed by atoms with van der Waals surface area (Å²) in [6.45, 7) is 2.97. The SMILES string of the molecule is CCN(c1nc(C(F)F)nc2ccccc12)C1CCNC1=O. The van der Waals surface area contributed by atoms with Crippen LogP contribution in [0.4, 0.5) is 14.6 Å². The first-order valence-corrected chi connectivity index (χ1v) is 7.21. The number of likely N-dealkylation sites (N-methyl/N-ethyl adjacent to an activating group) is 1. The molecule has 1 atom stereocenters. The molecule has 2 heterocycles. The minimum atomic E-state index is -2.75. The summed E-state index contributed by atoms with van der Waals surface area (Å²) in [6.07, 6.45) is -2.12. The van der Waals surface area contributed by atoms with Crippen LogP contribution in [0.2, 0.25) is 0 Å². The minimum Gasteiger partial charge on any atom is -0.354 e. The fourth-order valence-electron chi connectivity index (χ4n) is 2.79. The summed E-state index contributed by atoms with van der Waals surface area (Å²) in [7, 11) is 0. The van der Waals surface area contributed by atoms with Crippen molar-refractivity contribution in [3.05, 3.63) is 30.1 Å². The first-order chi connectivity index (χ1) is 10.6. The standard InChI is InChI=1S/C15H16F2N4O/c1-2-21(11-7-8-18-15(11)22)14-9-5-3-4-6-10(9)19-13(20-14)12(16)17/h3-6,11-12H,2,7-8H2,1H3,(H,18,22). The van der Waals surface area contributed by atoms with E-state index in [0.29, 0.717) is 36.2 Å². The van der Waals surface area contributed by atoms with E-state index in [0.717, 1.165) is 0 Å². The van der Waals surface area contributed by atoms with Crippen LogP contribution in [-0.4, -0.2) is 35.0 Å². The van der Waals surface area contributed by atoms with Crippen molar-refractivity contribution in [3.63, 3.8) is 0 Å². The Morgan fingerprint density at radius 1 is 1.36 bits per heavy atom. The monoisotopic (exact) mass is 306 g/mol. The molecule has 0 spiro atoms. The van der Waals surface area contributed by atoms with E-state index in [1.54, 1.807) is 29.2 Å². The van der Waals surface area contributed by atoms with Crippen LogP contribution in [0.3, 0.4) is 0 Å². The van der Waals surface area contributed by atoms with Crippen LogP contribution in [0.25, 0.3) is 10.9 Å². The highest BCUT2D eigenvalue weighted by atomic mass is 19.3. The van der Waals surface area contributed by atoms with Crippen LogP contribution in [0, 0.1) is 0 Å². The molecule has 1 saturated heterocycles. The summed E-state index contributed by atoms with van der Waals surface area (Å²) >= 11 is 0. The van der Waals surface area contributed by atoms with E-state index in [2.05, 4.69) is 15.3 Å². The second kappa shape index (κ2) is 5.82. The van der Waals surface area contributed by atoms with Crippen molar-refractivity contribution in [1.82, 2.24) is 15.3 Å². The van der Waals surface area contributed by atoms with Crippen molar-refractivity contribution >= 4 is 22.6 Å². The average Bonchev–Trinajstić information content (AvgIpc) is 2.94. The van der Waals surface area contributed by atoms with Gasteiger partial charge in [0, 0.05) is 18.5 Å². The number of hydrogen-bond donors (Lipinski definition) is 1. The van der Waals surface area contributed by atoms with Crippen molar-refractivity contribution in [1.29, 1.82) is 0 Å². The molecule has 0 radical (unpaired) electrons. The number of rotatable bonds is 4. The number of nitrogens with zero attached hydrogens (tertiary/aromatic N) is 3. The molecular formula is C15H16F2N4O. The largest absolute Gasteiger partial charge is 0.354 e. The molecule has 3 rings (SSSR count). The predicted molar refractivity (Wildman–Crippen MR) is 78.9 cm³/mol. The number of carbonyl (C=O) groups is 1. The lowest BCUT2D eigenvalue weighted by atomic mass is 10.1. The lowest BCUT2D eigenvalue weighted by Crippen LogP contribution is -2.41. The highest BCUT2D eigenvalue weighted by molar-refractivity contribution is 5.93. The van der Waals surface area contributed by atoms with Gasteiger partial charge in [-0.3, -0.25) is 4.79 Å². The number of aromatic nitrogens is 2. The third kappa shape index (κ3) is 2.47. The second-order valence-corrected chi connectivity index (χ2v) is 5.10. The van der Waals surface area contributed by atoms with E-state index in [4.69, 9.17) is 0 Å². The Morgan fingerprint density at radius 2 is 2.14 bits per heavy atom. The Bertz CT molecular complexity index is 707. The first kappa shape index (κ1) is 14.6. The summed E-state index contributed by atoms with van der Waals surface area (Å²) in [6, 6.07) is 6.63. The Morgan fingerprint density at radius 3 is 2.77 bits per heavy atom.